The van der Waals surface area contributed by atoms with Gasteiger partial charge in [-0.1, -0.05) is 83.1 Å². The van der Waals surface area contributed by atoms with Crippen molar-refractivity contribution in [2.75, 3.05) is 20.2 Å². The summed E-state index contributed by atoms with van der Waals surface area (Å²) in [5.74, 6) is 1.10. The van der Waals surface area contributed by atoms with E-state index in [0.717, 1.165) is 77.4 Å². The molecule has 13 nitrogen and oxygen atoms in total. The molecule has 13 heteroatoms. The summed E-state index contributed by atoms with van der Waals surface area (Å²) in [5.41, 5.74) is 6.04. The molecule has 4 amide bonds. The number of H-pyrrole nitrogens is 2. The highest BCUT2D eigenvalue weighted by Crippen LogP contribution is 2.58. The van der Waals surface area contributed by atoms with E-state index in [9.17, 15) is 19.2 Å². The molecule has 0 bridgehead atoms. The first kappa shape index (κ1) is 38.8. The molecule has 2 aliphatic heterocycles. The number of carbonyl (C=O) groups excluding carboxylic acids is 4. The smallest absolute Gasteiger partial charge is 0.407 e. The predicted octanol–water partition coefficient (Wildman–Crippen LogP) is 6.78. The molecule has 56 heavy (non-hydrogen) atoms. The third kappa shape index (κ3) is 7.94. The monoisotopic (exact) mass is 762 g/mol. The molecule has 4 heterocycles. The highest BCUT2D eigenvalue weighted by atomic mass is 16.5. The van der Waals surface area contributed by atoms with Crippen LogP contribution in [0, 0.1) is 17.3 Å². The number of benzene rings is 2. The number of nitrogens with one attached hydrogen (secondary N) is 4. The fraction of sp³-hybridized carbons (Fsp3) is 0.488. The van der Waals surface area contributed by atoms with Gasteiger partial charge in [-0.05, 0) is 71.6 Å². The lowest BCUT2D eigenvalue weighted by Crippen LogP contribution is -2.51. The van der Waals surface area contributed by atoms with Gasteiger partial charge < -0.3 is 35.1 Å². The molecule has 2 saturated heterocycles. The Balaban J connectivity index is 1.02. The van der Waals surface area contributed by atoms with Crippen molar-refractivity contribution in [1.29, 1.82) is 0 Å². The summed E-state index contributed by atoms with van der Waals surface area (Å²) >= 11 is 0. The molecule has 7 rings (SSSR count). The number of aromatic nitrogens is 4. The Labute approximate surface area is 328 Å². The zero-order valence-electron chi connectivity index (χ0n) is 33.2. The van der Waals surface area contributed by atoms with Gasteiger partial charge in [-0.25, -0.2) is 14.8 Å². The second kappa shape index (κ2) is 16.0. The lowest BCUT2D eigenvalue weighted by atomic mass is 10.0. The van der Waals surface area contributed by atoms with E-state index in [4.69, 9.17) is 9.72 Å². The number of hydrogen-bond acceptors (Lipinski definition) is 7. The van der Waals surface area contributed by atoms with E-state index in [1.54, 1.807) is 6.92 Å². The molecule has 3 fully saturated rings. The van der Waals surface area contributed by atoms with E-state index < -0.39 is 18.2 Å². The Morgan fingerprint density at radius 3 is 1.77 bits per heavy atom. The highest BCUT2D eigenvalue weighted by molar-refractivity contribution is 5.88. The van der Waals surface area contributed by atoms with Crippen molar-refractivity contribution in [3.63, 3.8) is 0 Å². The Morgan fingerprint density at radius 1 is 0.768 bits per heavy atom. The van der Waals surface area contributed by atoms with Crippen LogP contribution in [0.25, 0.3) is 33.6 Å². The van der Waals surface area contributed by atoms with Crippen molar-refractivity contribution in [2.24, 2.45) is 17.3 Å². The van der Waals surface area contributed by atoms with Gasteiger partial charge >= 0.3 is 6.09 Å². The minimum Gasteiger partial charge on any atom is -0.453 e. The van der Waals surface area contributed by atoms with Crippen LogP contribution in [0.3, 0.4) is 0 Å². The average Bonchev–Trinajstić information content (AvgIpc) is 3.73. The van der Waals surface area contributed by atoms with E-state index in [1.165, 1.54) is 7.11 Å². The first-order chi connectivity index (χ1) is 26.9. The number of rotatable bonds is 12. The lowest BCUT2D eigenvalue weighted by molar-refractivity contribution is -0.138. The van der Waals surface area contributed by atoms with Crippen molar-refractivity contribution in [3.8, 4) is 33.6 Å². The number of carbonyl (C=O) groups is 4. The summed E-state index contributed by atoms with van der Waals surface area (Å²) in [6.07, 6.45) is 8.11. The fourth-order valence-corrected chi connectivity index (χ4v) is 8.22. The fourth-order valence-electron chi connectivity index (χ4n) is 8.22. The largest absolute Gasteiger partial charge is 0.453 e. The summed E-state index contributed by atoms with van der Waals surface area (Å²) in [7, 11) is 1.29. The third-order valence-corrected chi connectivity index (χ3v) is 11.8. The molecule has 4 N–H and O–H groups in total. The molecule has 2 aromatic carbocycles. The maximum atomic E-state index is 13.9. The van der Waals surface area contributed by atoms with Gasteiger partial charge in [-0.2, -0.15) is 0 Å². The maximum Gasteiger partial charge on any atom is 0.407 e. The topological polar surface area (TPSA) is 165 Å². The van der Waals surface area contributed by atoms with Crippen LogP contribution in [0.2, 0.25) is 0 Å². The number of alkyl carbamates (subject to hydrolysis) is 1. The summed E-state index contributed by atoms with van der Waals surface area (Å²) in [5, 5.41) is 5.66. The van der Waals surface area contributed by atoms with Crippen molar-refractivity contribution < 1.29 is 23.9 Å². The van der Waals surface area contributed by atoms with E-state index in [2.05, 4.69) is 74.1 Å². The molecule has 0 radical (unpaired) electrons. The van der Waals surface area contributed by atoms with Gasteiger partial charge in [0.15, 0.2) is 0 Å². The molecule has 4 aromatic rings. The Bertz CT molecular complexity index is 2050. The number of aromatic amines is 2. The van der Waals surface area contributed by atoms with Crippen LogP contribution >= 0.6 is 0 Å². The lowest BCUT2D eigenvalue weighted by Gasteiger charge is -2.30. The normalized spacial score (nSPS) is 19.7. The second-order valence-electron chi connectivity index (χ2n) is 16.4. The summed E-state index contributed by atoms with van der Waals surface area (Å²) in [6, 6.07) is 15.0. The van der Waals surface area contributed by atoms with Gasteiger partial charge in [0.25, 0.3) is 0 Å². The van der Waals surface area contributed by atoms with Crippen LogP contribution in [0.4, 0.5) is 4.79 Å². The molecular weight excluding hydrogens is 709 g/mol. The molecule has 2 aromatic heterocycles. The summed E-state index contributed by atoms with van der Waals surface area (Å²) in [6.45, 7) is 10.9. The second-order valence-corrected chi connectivity index (χ2v) is 16.4. The van der Waals surface area contributed by atoms with Crippen molar-refractivity contribution in [2.45, 2.75) is 97.3 Å². The van der Waals surface area contributed by atoms with Gasteiger partial charge in [0, 0.05) is 19.5 Å². The molecule has 1 unspecified atom stereocenters. The minimum atomic E-state index is -0.684. The van der Waals surface area contributed by atoms with Gasteiger partial charge in [-0.15, -0.1) is 0 Å². The molecule has 3 aliphatic rings. The standard InChI is InChI=1S/C43H54N8O5/c1-7-35(52)48-36(25(2)3)41(54)51-24-43(18-19-43)21-34(51)39-45-23-32(47-39)30-16-12-28(13-17-30)27-10-14-29(15-11-27)31-22-44-38(46-31)33-9-8-20-50(33)40(53)37(26(4)5)49-42(55)56-6/h10-17,22-23,25-26,33-34,36-37H,7-9,18-21,24H2,1-6H3,(H,44,46)(H,45,47)(H,48,52)(H,49,55)/t33-,34-,36-,37?/m0/s1. The molecule has 4 atom stereocenters. The van der Waals surface area contributed by atoms with Gasteiger partial charge in [0.05, 0.1) is 43.0 Å². The first-order valence-electron chi connectivity index (χ1n) is 20.0. The zero-order chi connectivity index (χ0) is 39.7. The van der Waals surface area contributed by atoms with Crippen LogP contribution < -0.4 is 10.6 Å². The Hall–Kier alpha value is -5.46. The SMILES string of the molecule is CCC(=O)N[C@H](C(=O)N1CC2(CC2)C[C@H]1c1ncc(-c2ccc(-c3ccc(-c4cnc([C@@H]5CCCN5C(=O)C(NC(=O)OC)C(C)C)[nH]4)cc3)cc2)[nH]1)C(C)C. The molecule has 1 aliphatic carbocycles. The number of imidazole rings is 2. The van der Waals surface area contributed by atoms with E-state index in [1.807, 2.05) is 49.9 Å². The average molecular weight is 763 g/mol. The van der Waals surface area contributed by atoms with Crippen molar-refractivity contribution in [3.05, 3.63) is 72.6 Å². The number of methoxy groups -OCH3 is 1. The Morgan fingerprint density at radius 2 is 1.27 bits per heavy atom. The van der Waals surface area contributed by atoms with Crippen LogP contribution in [-0.4, -0.2) is 85.8 Å². The van der Waals surface area contributed by atoms with E-state index in [-0.39, 0.29) is 47.1 Å². The minimum absolute atomic E-state index is 0.0240. The molecule has 1 spiro atoms. The molecular formula is C43H54N8O5. The van der Waals surface area contributed by atoms with E-state index >= 15 is 0 Å². The number of hydrogen-bond donors (Lipinski definition) is 4. The number of amides is 4. The van der Waals surface area contributed by atoms with Crippen LogP contribution in [0.5, 0.6) is 0 Å². The number of ether oxygens (including phenoxy) is 1. The van der Waals surface area contributed by atoms with Crippen molar-refractivity contribution >= 4 is 23.8 Å². The molecule has 296 valence electrons. The first-order valence-corrected chi connectivity index (χ1v) is 20.0. The number of likely N-dealkylation sites (tertiary alicyclic amines) is 2. The maximum absolute atomic E-state index is 13.9. The predicted molar refractivity (Wildman–Crippen MR) is 213 cm³/mol. The van der Waals surface area contributed by atoms with Crippen LogP contribution in [0.1, 0.15) is 96.9 Å². The van der Waals surface area contributed by atoms with Crippen LogP contribution in [-0.2, 0) is 19.1 Å². The quantitative estimate of drug-likeness (QED) is 0.124. The van der Waals surface area contributed by atoms with Gasteiger partial charge in [-0.3, -0.25) is 14.4 Å². The Kier molecular flexibility index (Phi) is 11.1. The summed E-state index contributed by atoms with van der Waals surface area (Å²) < 4.78 is 4.76. The van der Waals surface area contributed by atoms with Gasteiger partial charge in [0.1, 0.15) is 23.7 Å². The van der Waals surface area contributed by atoms with Crippen molar-refractivity contribution in [1.82, 2.24) is 40.4 Å². The zero-order valence-corrected chi connectivity index (χ0v) is 33.2. The van der Waals surface area contributed by atoms with E-state index in [0.29, 0.717) is 19.5 Å². The van der Waals surface area contributed by atoms with Gasteiger partial charge in [0.2, 0.25) is 17.7 Å². The van der Waals surface area contributed by atoms with Crippen LogP contribution in [0.15, 0.2) is 60.9 Å². The highest BCUT2D eigenvalue weighted by Gasteiger charge is 2.55. The molecule has 1 saturated carbocycles. The third-order valence-electron chi connectivity index (χ3n) is 11.8. The number of nitrogens with zero attached hydrogens (tertiary/aromatic N) is 4. The summed E-state index contributed by atoms with van der Waals surface area (Å²) in [4.78, 5) is 71.9.